The first-order valence-corrected chi connectivity index (χ1v) is 4.78. The molecule has 1 unspecified atom stereocenters. The van der Waals surface area contributed by atoms with E-state index in [1.54, 1.807) is 6.92 Å². The fraction of sp³-hybridized carbons (Fsp3) is 0.556. The topological polar surface area (TPSA) is 26.3 Å². The van der Waals surface area contributed by atoms with Crippen LogP contribution in [-0.4, -0.2) is 12.3 Å². The van der Waals surface area contributed by atoms with Gasteiger partial charge in [0.05, 0.1) is 12.7 Å². The number of rotatable bonds is 3. The van der Waals surface area contributed by atoms with Gasteiger partial charge < -0.3 is 0 Å². The van der Waals surface area contributed by atoms with Gasteiger partial charge in [-0.15, -0.1) is 10.4 Å². The van der Waals surface area contributed by atoms with Crippen molar-refractivity contribution in [3.05, 3.63) is 12.2 Å². The first-order chi connectivity index (χ1) is 5.46. The highest BCUT2D eigenvalue weighted by molar-refractivity contribution is 7.41. The Bertz CT molecular complexity index is 255. The maximum absolute atomic E-state index is 11.3. The van der Waals surface area contributed by atoms with Crippen molar-refractivity contribution in [2.75, 3.05) is 7.11 Å². The molecule has 0 aromatic carbocycles. The second-order valence-electron chi connectivity index (χ2n) is 2.85. The fourth-order valence-corrected chi connectivity index (χ4v) is 1.37. The molecule has 0 aliphatic heterocycles. The first kappa shape index (κ1) is 11.4. The van der Waals surface area contributed by atoms with Gasteiger partial charge in [0, 0.05) is 0 Å². The summed E-state index contributed by atoms with van der Waals surface area (Å²) in [7, 11) is -0.301. The normalized spacial score (nSPS) is 11.5. The van der Waals surface area contributed by atoms with E-state index < -0.39 is 13.2 Å². The van der Waals surface area contributed by atoms with Crippen LogP contribution in [-0.2, 0) is 9.09 Å². The zero-order chi connectivity index (χ0) is 9.78. The van der Waals surface area contributed by atoms with Crippen molar-refractivity contribution in [2.45, 2.75) is 25.9 Å². The van der Waals surface area contributed by atoms with E-state index in [1.807, 2.05) is 13.8 Å². The summed E-state index contributed by atoms with van der Waals surface area (Å²) in [6.45, 7) is 9.09. The number of allylic oxidation sites excluding steroid dienone is 1. The molecule has 0 bridgehead atoms. The van der Waals surface area contributed by atoms with Gasteiger partial charge in [0.15, 0.2) is 0 Å². The summed E-state index contributed by atoms with van der Waals surface area (Å²) in [5, 5.41) is -0.562. The first-order valence-electron chi connectivity index (χ1n) is 3.60. The second kappa shape index (κ2) is 4.40. The summed E-state index contributed by atoms with van der Waals surface area (Å²) in [5.41, 5.74) is 0.646. The molecule has 0 aliphatic rings. The van der Waals surface area contributed by atoms with Gasteiger partial charge in [0.1, 0.15) is 0 Å². The van der Waals surface area contributed by atoms with Gasteiger partial charge in [-0.3, -0.25) is 0 Å². The maximum Gasteiger partial charge on any atom is 0.519 e. The standard InChI is InChI=1S/C9H14O2P/c1-6-7-8(2)9(3,4)12(10)11-5/h2H2,1,3-5H3/q+1. The third-order valence-electron chi connectivity index (χ3n) is 1.64. The van der Waals surface area contributed by atoms with E-state index in [0.29, 0.717) is 5.57 Å². The molecule has 0 amide bonds. The molecule has 0 aromatic rings. The van der Waals surface area contributed by atoms with Crippen LogP contribution in [0.15, 0.2) is 12.2 Å². The van der Waals surface area contributed by atoms with Gasteiger partial charge in [0.2, 0.25) is 5.16 Å². The molecule has 0 heterocycles. The molecule has 0 aliphatic carbocycles. The van der Waals surface area contributed by atoms with E-state index in [2.05, 4.69) is 18.4 Å². The summed E-state index contributed by atoms with van der Waals surface area (Å²) < 4.78 is 16.1. The van der Waals surface area contributed by atoms with Crippen molar-refractivity contribution in [3.63, 3.8) is 0 Å². The van der Waals surface area contributed by atoms with Crippen LogP contribution in [0.2, 0.25) is 0 Å². The zero-order valence-corrected chi connectivity index (χ0v) is 8.87. The van der Waals surface area contributed by atoms with Crippen molar-refractivity contribution in [3.8, 4) is 11.8 Å². The Labute approximate surface area is 74.9 Å². The Morgan fingerprint density at radius 2 is 2.08 bits per heavy atom. The van der Waals surface area contributed by atoms with Crippen molar-refractivity contribution in [1.82, 2.24) is 0 Å². The summed E-state index contributed by atoms with van der Waals surface area (Å²) in [4.78, 5) is 0. The SMILES string of the molecule is C=C(C#CC)C(C)(C)[P+](=O)OC. The quantitative estimate of drug-likeness (QED) is 0.499. The average molecular weight is 185 g/mol. The molecule has 12 heavy (non-hydrogen) atoms. The van der Waals surface area contributed by atoms with E-state index in [4.69, 9.17) is 4.52 Å². The highest BCUT2D eigenvalue weighted by Gasteiger charge is 2.43. The Hall–Kier alpha value is -0.640. The van der Waals surface area contributed by atoms with E-state index in [-0.39, 0.29) is 0 Å². The molecule has 0 N–H and O–H groups in total. The van der Waals surface area contributed by atoms with E-state index in [0.717, 1.165) is 0 Å². The van der Waals surface area contributed by atoms with E-state index in [9.17, 15) is 4.57 Å². The molecular formula is C9H14O2P+. The van der Waals surface area contributed by atoms with Gasteiger partial charge in [-0.2, -0.15) is 0 Å². The minimum Gasteiger partial charge on any atom is -0.149 e. The average Bonchev–Trinajstić information content (AvgIpc) is 2.03. The lowest BCUT2D eigenvalue weighted by Crippen LogP contribution is -2.16. The molecule has 66 valence electrons. The number of hydrogen-bond donors (Lipinski definition) is 0. The Balaban J connectivity index is 4.68. The smallest absolute Gasteiger partial charge is 0.149 e. The summed E-state index contributed by atoms with van der Waals surface area (Å²) in [6, 6.07) is 0. The molecular weight excluding hydrogens is 171 g/mol. The zero-order valence-electron chi connectivity index (χ0n) is 7.97. The minimum absolute atomic E-state index is 0.562. The third kappa shape index (κ3) is 2.44. The van der Waals surface area contributed by atoms with E-state index in [1.165, 1.54) is 7.11 Å². The van der Waals surface area contributed by atoms with Crippen LogP contribution in [0.3, 0.4) is 0 Å². The molecule has 0 aromatic heterocycles. The largest absolute Gasteiger partial charge is 0.519 e. The predicted octanol–water partition coefficient (Wildman–Crippen LogP) is 2.73. The van der Waals surface area contributed by atoms with Crippen molar-refractivity contribution in [1.29, 1.82) is 0 Å². The van der Waals surface area contributed by atoms with Crippen LogP contribution >= 0.6 is 8.03 Å². The van der Waals surface area contributed by atoms with Gasteiger partial charge >= 0.3 is 8.03 Å². The molecule has 0 radical (unpaired) electrons. The van der Waals surface area contributed by atoms with Crippen LogP contribution in [0.1, 0.15) is 20.8 Å². The van der Waals surface area contributed by atoms with Gasteiger partial charge in [-0.1, -0.05) is 12.5 Å². The minimum atomic E-state index is -1.72. The van der Waals surface area contributed by atoms with Gasteiger partial charge in [-0.25, -0.2) is 0 Å². The lowest BCUT2D eigenvalue weighted by Gasteiger charge is -2.08. The Morgan fingerprint density at radius 1 is 1.58 bits per heavy atom. The fourth-order valence-electron chi connectivity index (χ4n) is 0.642. The second-order valence-corrected chi connectivity index (χ2v) is 4.85. The molecule has 0 spiro atoms. The van der Waals surface area contributed by atoms with Crippen LogP contribution < -0.4 is 0 Å². The van der Waals surface area contributed by atoms with Crippen molar-refractivity contribution >= 4 is 8.03 Å². The molecule has 1 atom stereocenters. The highest BCUT2D eigenvalue weighted by atomic mass is 31.1. The molecule has 3 heteroatoms. The van der Waals surface area contributed by atoms with Crippen molar-refractivity contribution in [2.24, 2.45) is 0 Å². The lowest BCUT2D eigenvalue weighted by molar-refractivity contribution is 0.398. The van der Waals surface area contributed by atoms with Crippen LogP contribution in [0.5, 0.6) is 0 Å². The van der Waals surface area contributed by atoms with Crippen molar-refractivity contribution < 1.29 is 9.09 Å². The van der Waals surface area contributed by atoms with Crippen LogP contribution in [0.4, 0.5) is 0 Å². The highest BCUT2D eigenvalue weighted by Crippen LogP contribution is 2.43. The monoisotopic (exact) mass is 185 g/mol. The number of hydrogen-bond acceptors (Lipinski definition) is 2. The Kier molecular flexibility index (Phi) is 4.17. The predicted molar refractivity (Wildman–Crippen MR) is 51.3 cm³/mol. The van der Waals surface area contributed by atoms with Gasteiger partial charge in [0.25, 0.3) is 0 Å². The lowest BCUT2D eigenvalue weighted by atomic mass is 10.1. The summed E-state index contributed by atoms with van der Waals surface area (Å²) >= 11 is 0. The molecule has 0 saturated carbocycles. The molecule has 0 rings (SSSR count). The molecule has 0 fully saturated rings. The van der Waals surface area contributed by atoms with E-state index >= 15 is 0 Å². The van der Waals surface area contributed by atoms with Crippen LogP contribution in [0.25, 0.3) is 0 Å². The molecule has 0 saturated heterocycles. The Morgan fingerprint density at radius 3 is 2.42 bits per heavy atom. The van der Waals surface area contributed by atoms with Gasteiger partial charge in [-0.05, 0) is 25.3 Å². The maximum atomic E-state index is 11.3. The summed E-state index contributed by atoms with van der Waals surface area (Å²) in [5.74, 6) is 5.51. The summed E-state index contributed by atoms with van der Waals surface area (Å²) in [6.07, 6.45) is 0. The molecule has 2 nitrogen and oxygen atoms in total. The van der Waals surface area contributed by atoms with Crippen LogP contribution in [0, 0.1) is 11.8 Å². The third-order valence-corrected chi connectivity index (χ3v) is 3.15.